The van der Waals surface area contributed by atoms with E-state index >= 15 is 0 Å². The lowest BCUT2D eigenvalue weighted by atomic mass is 10.3. The van der Waals surface area contributed by atoms with Gasteiger partial charge in [-0.25, -0.2) is 13.4 Å². The van der Waals surface area contributed by atoms with Crippen LogP contribution in [0.4, 0.5) is 0 Å². The Morgan fingerprint density at radius 2 is 2.07 bits per heavy atom. The maximum atomic E-state index is 11.1. The SMILES string of the molecule is O=S(=O)(Cl)c1ccc2[nH]c(Br)nc2c1Cl. The number of aromatic amines is 1. The zero-order chi connectivity index (χ0) is 11.2. The van der Waals surface area contributed by atoms with Gasteiger partial charge < -0.3 is 4.98 Å². The fourth-order valence-electron chi connectivity index (χ4n) is 1.18. The number of nitrogens with zero attached hydrogens (tertiary/aromatic N) is 1. The van der Waals surface area contributed by atoms with E-state index in [0.29, 0.717) is 15.8 Å². The van der Waals surface area contributed by atoms with Crippen molar-refractivity contribution in [2.45, 2.75) is 4.90 Å². The Bertz CT molecular complexity index is 638. The lowest BCUT2D eigenvalue weighted by Crippen LogP contribution is -1.92. The molecule has 80 valence electrons. The third kappa shape index (κ3) is 1.99. The highest BCUT2D eigenvalue weighted by Crippen LogP contribution is 2.31. The third-order valence-electron chi connectivity index (χ3n) is 1.79. The molecule has 0 atom stereocenters. The highest BCUT2D eigenvalue weighted by atomic mass is 79.9. The molecule has 0 aliphatic heterocycles. The van der Waals surface area contributed by atoms with Gasteiger partial charge in [0.2, 0.25) is 0 Å². The fraction of sp³-hybridized carbons (Fsp3) is 0. The zero-order valence-corrected chi connectivity index (χ0v) is 10.9. The van der Waals surface area contributed by atoms with Gasteiger partial charge in [0.15, 0.2) is 4.73 Å². The summed E-state index contributed by atoms with van der Waals surface area (Å²) in [6, 6.07) is 2.88. The standard InChI is InChI=1S/C7H3BrCl2N2O2S/c8-7-11-3-1-2-4(15(10,13)14)5(9)6(3)12-7/h1-2H,(H,11,12). The monoisotopic (exact) mass is 328 g/mol. The molecule has 2 aromatic rings. The smallest absolute Gasteiger partial charge is 0.262 e. The molecule has 0 radical (unpaired) electrons. The van der Waals surface area contributed by atoms with Crippen molar-refractivity contribution in [3.05, 3.63) is 21.9 Å². The number of aromatic nitrogens is 2. The van der Waals surface area contributed by atoms with Crippen molar-refractivity contribution >= 4 is 58.3 Å². The van der Waals surface area contributed by atoms with Crippen LogP contribution in [-0.2, 0) is 9.05 Å². The van der Waals surface area contributed by atoms with E-state index in [0.717, 1.165) is 0 Å². The normalized spacial score (nSPS) is 12.2. The van der Waals surface area contributed by atoms with Crippen molar-refractivity contribution in [2.24, 2.45) is 0 Å². The van der Waals surface area contributed by atoms with Crippen molar-refractivity contribution in [3.63, 3.8) is 0 Å². The summed E-state index contributed by atoms with van der Waals surface area (Å²) in [4.78, 5) is 6.71. The van der Waals surface area contributed by atoms with Crippen LogP contribution >= 0.6 is 38.2 Å². The molecule has 1 aromatic carbocycles. The molecular formula is C7H3BrCl2N2O2S. The number of fused-ring (bicyclic) bond motifs is 1. The minimum absolute atomic E-state index is 0.0180. The van der Waals surface area contributed by atoms with Crippen LogP contribution in [-0.4, -0.2) is 18.4 Å². The minimum Gasteiger partial charge on any atom is -0.332 e. The van der Waals surface area contributed by atoms with Gasteiger partial charge in [-0.15, -0.1) is 0 Å². The number of rotatable bonds is 1. The van der Waals surface area contributed by atoms with Gasteiger partial charge in [0.25, 0.3) is 9.05 Å². The summed E-state index contributed by atoms with van der Waals surface area (Å²) in [5, 5.41) is 0.0180. The van der Waals surface area contributed by atoms with Crippen LogP contribution in [0, 0.1) is 0 Å². The average Bonchev–Trinajstić information content (AvgIpc) is 2.44. The molecule has 4 nitrogen and oxygen atoms in total. The van der Waals surface area contributed by atoms with Crippen molar-refractivity contribution in [2.75, 3.05) is 0 Å². The maximum Gasteiger partial charge on any atom is 0.262 e. The second-order valence-electron chi connectivity index (χ2n) is 2.74. The van der Waals surface area contributed by atoms with Crippen LogP contribution in [0.2, 0.25) is 5.02 Å². The number of hydrogen-bond donors (Lipinski definition) is 1. The molecule has 1 N–H and O–H groups in total. The number of benzene rings is 1. The molecule has 0 saturated carbocycles. The number of H-pyrrole nitrogens is 1. The minimum atomic E-state index is -3.84. The quantitative estimate of drug-likeness (QED) is 0.818. The summed E-state index contributed by atoms with van der Waals surface area (Å²) >= 11 is 9.00. The van der Waals surface area contributed by atoms with Crippen molar-refractivity contribution in [3.8, 4) is 0 Å². The fourth-order valence-corrected chi connectivity index (χ4v) is 3.13. The van der Waals surface area contributed by atoms with E-state index < -0.39 is 9.05 Å². The molecule has 1 aromatic heterocycles. The van der Waals surface area contributed by atoms with Crippen LogP contribution < -0.4 is 0 Å². The highest BCUT2D eigenvalue weighted by molar-refractivity contribution is 9.10. The van der Waals surface area contributed by atoms with E-state index in [2.05, 4.69) is 25.9 Å². The lowest BCUT2D eigenvalue weighted by Gasteiger charge is -1.99. The zero-order valence-electron chi connectivity index (χ0n) is 6.96. The third-order valence-corrected chi connectivity index (χ3v) is 4.03. The predicted molar refractivity (Wildman–Crippen MR) is 61.8 cm³/mol. The number of imidazole rings is 1. The van der Waals surface area contributed by atoms with E-state index in [1.807, 2.05) is 0 Å². The Morgan fingerprint density at radius 3 is 2.67 bits per heavy atom. The molecule has 15 heavy (non-hydrogen) atoms. The van der Waals surface area contributed by atoms with E-state index in [9.17, 15) is 8.42 Å². The van der Waals surface area contributed by atoms with Crippen LogP contribution in [0.25, 0.3) is 11.0 Å². The van der Waals surface area contributed by atoms with Gasteiger partial charge in [-0.3, -0.25) is 0 Å². The summed E-state index contributed by atoms with van der Waals surface area (Å²) in [6.45, 7) is 0. The summed E-state index contributed by atoms with van der Waals surface area (Å²) < 4.78 is 22.7. The first-order valence-electron chi connectivity index (χ1n) is 3.68. The Balaban J connectivity index is 2.87. The molecule has 0 fully saturated rings. The number of halogens is 3. The first kappa shape index (κ1) is 11.2. The Morgan fingerprint density at radius 1 is 1.40 bits per heavy atom. The van der Waals surface area contributed by atoms with Gasteiger partial charge in [0.05, 0.1) is 10.5 Å². The first-order chi connectivity index (χ1) is 6.89. The van der Waals surface area contributed by atoms with Gasteiger partial charge in [-0.2, -0.15) is 0 Å². The predicted octanol–water partition coefficient (Wildman–Crippen LogP) is 2.91. The highest BCUT2D eigenvalue weighted by Gasteiger charge is 2.18. The molecule has 0 spiro atoms. The average molecular weight is 330 g/mol. The van der Waals surface area contributed by atoms with Crippen molar-refractivity contribution < 1.29 is 8.42 Å². The Labute approximate surface area is 103 Å². The second-order valence-corrected chi connectivity index (χ2v) is 6.40. The maximum absolute atomic E-state index is 11.1. The largest absolute Gasteiger partial charge is 0.332 e. The first-order valence-corrected chi connectivity index (χ1v) is 7.16. The van der Waals surface area contributed by atoms with E-state index in [4.69, 9.17) is 22.3 Å². The van der Waals surface area contributed by atoms with Gasteiger partial charge in [0, 0.05) is 10.7 Å². The summed E-state index contributed by atoms with van der Waals surface area (Å²) in [7, 11) is 1.36. The van der Waals surface area contributed by atoms with Crippen molar-refractivity contribution in [1.82, 2.24) is 9.97 Å². The molecule has 0 unspecified atom stereocenters. The van der Waals surface area contributed by atoms with Crippen LogP contribution in [0.15, 0.2) is 21.8 Å². The number of hydrogen-bond acceptors (Lipinski definition) is 3. The van der Waals surface area contributed by atoms with Crippen LogP contribution in [0.5, 0.6) is 0 Å². The summed E-state index contributed by atoms with van der Waals surface area (Å²) in [6.07, 6.45) is 0. The van der Waals surface area contributed by atoms with Gasteiger partial charge in [-0.1, -0.05) is 11.6 Å². The number of nitrogens with one attached hydrogen (secondary N) is 1. The Hall–Kier alpha value is -0.300. The second kappa shape index (κ2) is 3.62. The summed E-state index contributed by atoms with van der Waals surface area (Å²) in [5.74, 6) is 0. The molecule has 0 aliphatic carbocycles. The van der Waals surface area contributed by atoms with E-state index in [-0.39, 0.29) is 9.92 Å². The Kier molecular flexibility index (Phi) is 2.70. The van der Waals surface area contributed by atoms with E-state index in [1.165, 1.54) is 6.07 Å². The lowest BCUT2D eigenvalue weighted by molar-refractivity contribution is 0.609. The molecule has 0 amide bonds. The molecule has 0 bridgehead atoms. The molecule has 2 rings (SSSR count). The van der Waals surface area contributed by atoms with Gasteiger partial charge in [-0.05, 0) is 28.1 Å². The van der Waals surface area contributed by atoms with E-state index in [1.54, 1.807) is 6.07 Å². The van der Waals surface area contributed by atoms with Crippen LogP contribution in [0.3, 0.4) is 0 Å². The van der Waals surface area contributed by atoms with Gasteiger partial charge in [0.1, 0.15) is 10.4 Å². The molecule has 0 aliphatic rings. The molecular weight excluding hydrogens is 327 g/mol. The summed E-state index contributed by atoms with van der Waals surface area (Å²) in [5.41, 5.74) is 1.00. The molecule has 0 saturated heterocycles. The van der Waals surface area contributed by atoms with Crippen molar-refractivity contribution in [1.29, 1.82) is 0 Å². The molecule has 1 heterocycles. The molecule has 8 heteroatoms. The topological polar surface area (TPSA) is 62.8 Å². The van der Waals surface area contributed by atoms with Gasteiger partial charge >= 0.3 is 0 Å². The van der Waals surface area contributed by atoms with Crippen LogP contribution in [0.1, 0.15) is 0 Å².